The SMILES string of the molecule is CCc1ccc(S(=O)(=O)Cl)cc1C(=O)OCCCC(C)C. The Labute approximate surface area is 130 Å². The maximum absolute atomic E-state index is 12.1. The first kappa shape index (κ1) is 18.0. The van der Waals surface area contributed by atoms with Crippen LogP contribution in [0.3, 0.4) is 0 Å². The second-order valence-electron chi connectivity index (χ2n) is 5.28. The van der Waals surface area contributed by atoms with E-state index in [0.29, 0.717) is 18.9 Å². The average Bonchev–Trinajstić information content (AvgIpc) is 2.41. The molecule has 0 spiro atoms. The number of ether oxygens (including phenoxy) is 1. The van der Waals surface area contributed by atoms with Gasteiger partial charge in [-0.05, 0) is 42.9 Å². The van der Waals surface area contributed by atoms with Crippen LogP contribution in [0.15, 0.2) is 23.1 Å². The Hall–Kier alpha value is -1.07. The first-order chi connectivity index (χ1) is 9.75. The van der Waals surface area contributed by atoms with Crippen LogP contribution in [-0.4, -0.2) is 21.0 Å². The molecule has 0 amide bonds. The maximum atomic E-state index is 12.1. The quantitative estimate of drug-likeness (QED) is 0.433. The van der Waals surface area contributed by atoms with E-state index in [9.17, 15) is 13.2 Å². The molecular formula is C15H21ClO4S. The molecule has 0 aliphatic heterocycles. The maximum Gasteiger partial charge on any atom is 0.338 e. The first-order valence-corrected chi connectivity index (χ1v) is 9.31. The molecule has 6 heteroatoms. The van der Waals surface area contributed by atoms with E-state index in [2.05, 4.69) is 13.8 Å². The molecule has 0 fully saturated rings. The molecule has 0 bridgehead atoms. The molecule has 0 unspecified atom stereocenters. The molecule has 0 aromatic heterocycles. The number of benzene rings is 1. The second kappa shape index (κ2) is 7.80. The van der Waals surface area contributed by atoms with Gasteiger partial charge in [0, 0.05) is 10.7 Å². The fourth-order valence-corrected chi connectivity index (χ4v) is 2.72. The number of halogens is 1. The molecule has 0 saturated heterocycles. The zero-order chi connectivity index (χ0) is 16.0. The van der Waals surface area contributed by atoms with Crippen LogP contribution in [0, 0.1) is 5.92 Å². The van der Waals surface area contributed by atoms with Crippen molar-refractivity contribution >= 4 is 25.7 Å². The highest BCUT2D eigenvalue weighted by molar-refractivity contribution is 8.13. The van der Waals surface area contributed by atoms with Gasteiger partial charge in [-0.15, -0.1) is 0 Å². The summed E-state index contributed by atoms with van der Waals surface area (Å²) in [6, 6.07) is 4.28. The number of rotatable bonds is 7. The van der Waals surface area contributed by atoms with Crippen LogP contribution >= 0.6 is 10.7 Å². The topological polar surface area (TPSA) is 60.4 Å². The monoisotopic (exact) mass is 332 g/mol. The number of carbonyl (C=O) groups is 1. The Balaban J connectivity index is 2.86. The van der Waals surface area contributed by atoms with Crippen molar-refractivity contribution in [1.82, 2.24) is 0 Å². The molecule has 1 aromatic rings. The molecule has 0 N–H and O–H groups in total. The van der Waals surface area contributed by atoms with Crippen molar-refractivity contribution in [1.29, 1.82) is 0 Å². The lowest BCUT2D eigenvalue weighted by Gasteiger charge is -2.10. The highest BCUT2D eigenvalue weighted by Gasteiger charge is 2.17. The summed E-state index contributed by atoms with van der Waals surface area (Å²) < 4.78 is 27.9. The predicted octanol–water partition coefficient (Wildman–Crippen LogP) is 3.77. The summed E-state index contributed by atoms with van der Waals surface area (Å²) >= 11 is 0. The molecule has 0 aliphatic rings. The Bertz CT molecular complexity index is 594. The van der Waals surface area contributed by atoms with Crippen LogP contribution in [0.5, 0.6) is 0 Å². The second-order valence-corrected chi connectivity index (χ2v) is 7.85. The first-order valence-electron chi connectivity index (χ1n) is 7.00. The fraction of sp³-hybridized carbons (Fsp3) is 0.533. The van der Waals surface area contributed by atoms with Gasteiger partial charge in [0.05, 0.1) is 17.1 Å². The van der Waals surface area contributed by atoms with Crippen LogP contribution < -0.4 is 0 Å². The minimum absolute atomic E-state index is 0.0875. The van der Waals surface area contributed by atoms with E-state index in [1.807, 2.05) is 6.92 Å². The molecule has 21 heavy (non-hydrogen) atoms. The van der Waals surface area contributed by atoms with Gasteiger partial charge in [-0.25, -0.2) is 13.2 Å². The van der Waals surface area contributed by atoms with Crippen LogP contribution in [0.4, 0.5) is 0 Å². The van der Waals surface area contributed by atoms with Crippen molar-refractivity contribution in [2.45, 2.75) is 44.9 Å². The van der Waals surface area contributed by atoms with E-state index >= 15 is 0 Å². The molecular weight excluding hydrogens is 312 g/mol. The van der Waals surface area contributed by atoms with Gasteiger partial charge in [-0.1, -0.05) is 26.8 Å². The van der Waals surface area contributed by atoms with Crippen molar-refractivity contribution in [3.63, 3.8) is 0 Å². The summed E-state index contributed by atoms with van der Waals surface area (Å²) in [4.78, 5) is 12.0. The number of hydrogen-bond acceptors (Lipinski definition) is 4. The van der Waals surface area contributed by atoms with Gasteiger partial charge in [0.1, 0.15) is 0 Å². The summed E-state index contributed by atoms with van der Waals surface area (Å²) in [5, 5.41) is 0. The van der Waals surface area contributed by atoms with Gasteiger partial charge in [-0.2, -0.15) is 0 Å². The van der Waals surface area contributed by atoms with E-state index in [-0.39, 0.29) is 10.5 Å². The van der Waals surface area contributed by atoms with Crippen LogP contribution in [-0.2, 0) is 20.2 Å². The van der Waals surface area contributed by atoms with E-state index < -0.39 is 15.0 Å². The van der Waals surface area contributed by atoms with E-state index in [1.165, 1.54) is 12.1 Å². The van der Waals surface area contributed by atoms with Crippen LogP contribution in [0.25, 0.3) is 0 Å². The molecule has 0 radical (unpaired) electrons. The molecule has 1 aromatic carbocycles. The smallest absolute Gasteiger partial charge is 0.338 e. The van der Waals surface area contributed by atoms with Gasteiger partial charge in [-0.3, -0.25) is 0 Å². The van der Waals surface area contributed by atoms with Crippen molar-refractivity contribution in [2.75, 3.05) is 6.61 Å². The molecule has 1 rings (SSSR count). The molecule has 0 heterocycles. The van der Waals surface area contributed by atoms with E-state index in [1.54, 1.807) is 6.07 Å². The standard InChI is InChI=1S/C15H21ClO4S/c1-4-12-7-8-13(21(16,18)19)10-14(12)15(17)20-9-5-6-11(2)3/h7-8,10-11H,4-6,9H2,1-3H3. The summed E-state index contributed by atoms with van der Waals surface area (Å²) in [6.45, 7) is 6.43. The van der Waals surface area contributed by atoms with Gasteiger partial charge >= 0.3 is 5.97 Å². The molecule has 118 valence electrons. The van der Waals surface area contributed by atoms with Gasteiger partial charge < -0.3 is 4.74 Å². The Morgan fingerprint density at radius 2 is 2.00 bits per heavy atom. The van der Waals surface area contributed by atoms with Crippen LogP contribution in [0.2, 0.25) is 0 Å². The third-order valence-electron chi connectivity index (χ3n) is 3.12. The molecule has 0 aliphatic carbocycles. The van der Waals surface area contributed by atoms with E-state index in [0.717, 1.165) is 18.4 Å². The number of esters is 1. The molecule has 0 atom stereocenters. The van der Waals surface area contributed by atoms with Crippen molar-refractivity contribution in [2.24, 2.45) is 5.92 Å². The van der Waals surface area contributed by atoms with Gasteiger partial charge in [0.2, 0.25) is 0 Å². The number of carbonyl (C=O) groups excluding carboxylic acids is 1. The fourth-order valence-electron chi connectivity index (χ4n) is 1.94. The van der Waals surface area contributed by atoms with E-state index in [4.69, 9.17) is 15.4 Å². The lowest BCUT2D eigenvalue weighted by molar-refractivity contribution is 0.0493. The minimum atomic E-state index is -3.86. The minimum Gasteiger partial charge on any atom is -0.462 e. The summed E-state index contributed by atoms with van der Waals surface area (Å²) in [5.41, 5.74) is 1.01. The lowest BCUT2D eigenvalue weighted by Crippen LogP contribution is -2.10. The largest absolute Gasteiger partial charge is 0.462 e. The summed E-state index contributed by atoms with van der Waals surface area (Å²) in [7, 11) is 1.46. The van der Waals surface area contributed by atoms with Crippen molar-refractivity contribution in [3.05, 3.63) is 29.3 Å². The molecule has 4 nitrogen and oxygen atoms in total. The predicted molar refractivity (Wildman–Crippen MR) is 83.2 cm³/mol. The van der Waals surface area contributed by atoms with Crippen LogP contribution in [0.1, 0.15) is 49.5 Å². The normalized spacial score (nSPS) is 11.7. The third kappa shape index (κ3) is 5.67. The molecule has 0 saturated carbocycles. The van der Waals surface area contributed by atoms with Crippen molar-refractivity contribution in [3.8, 4) is 0 Å². The lowest BCUT2D eigenvalue weighted by atomic mass is 10.1. The number of aryl methyl sites for hydroxylation is 1. The summed E-state index contributed by atoms with van der Waals surface area (Å²) in [6.07, 6.45) is 2.38. The Morgan fingerprint density at radius 1 is 1.33 bits per heavy atom. The van der Waals surface area contributed by atoms with Crippen molar-refractivity contribution < 1.29 is 17.9 Å². The third-order valence-corrected chi connectivity index (χ3v) is 4.47. The van der Waals surface area contributed by atoms with Gasteiger partial charge in [0.15, 0.2) is 0 Å². The highest BCUT2D eigenvalue weighted by Crippen LogP contribution is 2.21. The Morgan fingerprint density at radius 3 is 2.52 bits per heavy atom. The zero-order valence-corrected chi connectivity index (χ0v) is 14.1. The summed E-state index contributed by atoms with van der Waals surface area (Å²) in [5.74, 6) is 0.0531. The average molecular weight is 333 g/mol. The number of hydrogen-bond donors (Lipinski definition) is 0. The highest BCUT2D eigenvalue weighted by atomic mass is 35.7. The van der Waals surface area contributed by atoms with Gasteiger partial charge in [0.25, 0.3) is 9.05 Å². The zero-order valence-electron chi connectivity index (χ0n) is 12.6. The Kier molecular flexibility index (Phi) is 6.68.